The van der Waals surface area contributed by atoms with Crippen molar-refractivity contribution >= 4 is 15.7 Å². The van der Waals surface area contributed by atoms with Crippen molar-refractivity contribution in [1.29, 1.82) is 5.26 Å². The Labute approximate surface area is 132 Å². The van der Waals surface area contributed by atoms with Gasteiger partial charge in [-0.25, -0.2) is 18.1 Å². The highest BCUT2D eigenvalue weighted by molar-refractivity contribution is 7.92. The highest BCUT2D eigenvalue weighted by atomic mass is 32.2. The molecule has 0 fully saturated rings. The zero-order valence-corrected chi connectivity index (χ0v) is 12.6. The second-order valence-electron chi connectivity index (χ2n) is 4.60. The number of hydrogen-bond donors (Lipinski definition) is 1. The van der Waals surface area contributed by atoms with Crippen molar-refractivity contribution in [2.45, 2.75) is 4.90 Å². The van der Waals surface area contributed by atoms with E-state index in [1.165, 1.54) is 41.3 Å². The summed E-state index contributed by atoms with van der Waals surface area (Å²) in [6, 6.07) is 13.4. The van der Waals surface area contributed by atoms with Crippen molar-refractivity contribution in [2.24, 2.45) is 0 Å². The van der Waals surface area contributed by atoms with E-state index < -0.39 is 10.0 Å². The molecule has 3 rings (SSSR count). The molecule has 2 heterocycles. The van der Waals surface area contributed by atoms with Crippen LogP contribution in [0.1, 0.15) is 5.56 Å². The standard InChI is InChI=1S/C15H11N5O2S/c16-9-12-4-6-13(7-5-12)19-23(21,22)14-10-18-20(11-14)15-3-1-2-8-17-15/h1-8,10-11,19H. The quantitative estimate of drug-likeness (QED) is 0.790. The van der Waals surface area contributed by atoms with Gasteiger partial charge in [0.2, 0.25) is 0 Å². The number of benzene rings is 1. The lowest BCUT2D eigenvalue weighted by molar-refractivity contribution is 0.601. The minimum Gasteiger partial charge on any atom is -0.280 e. The van der Waals surface area contributed by atoms with E-state index in [0.29, 0.717) is 17.1 Å². The summed E-state index contributed by atoms with van der Waals surface area (Å²) in [5.74, 6) is 0.521. The SMILES string of the molecule is N#Cc1ccc(NS(=O)(=O)c2cnn(-c3ccccn3)c2)cc1. The Morgan fingerprint density at radius 3 is 2.57 bits per heavy atom. The smallest absolute Gasteiger partial charge is 0.265 e. The normalized spacial score (nSPS) is 10.9. The number of nitrogens with zero attached hydrogens (tertiary/aromatic N) is 4. The Hall–Kier alpha value is -3.18. The molecular formula is C15H11N5O2S. The Kier molecular flexibility index (Phi) is 3.78. The minimum atomic E-state index is -3.76. The number of nitriles is 1. The summed E-state index contributed by atoms with van der Waals surface area (Å²) in [6.07, 6.45) is 4.23. The fourth-order valence-corrected chi connectivity index (χ4v) is 2.88. The van der Waals surface area contributed by atoms with Crippen molar-refractivity contribution in [3.63, 3.8) is 0 Å². The van der Waals surface area contributed by atoms with Crippen molar-refractivity contribution in [3.8, 4) is 11.9 Å². The molecule has 0 atom stereocenters. The molecule has 0 saturated heterocycles. The number of sulfonamides is 1. The first-order valence-electron chi connectivity index (χ1n) is 6.57. The maximum Gasteiger partial charge on any atom is 0.265 e. The van der Waals surface area contributed by atoms with Gasteiger partial charge in [-0.3, -0.25) is 4.72 Å². The molecule has 3 aromatic rings. The van der Waals surface area contributed by atoms with Gasteiger partial charge < -0.3 is 0 Å². The molecule has 1 N–H and O–H groups in total. The van der Waals surface area contributed by atoms with Crippen molar-refractivity contribution in [2.75, 3.05) is 4.72 Å². The van der Waals surface area contributed by atoms with Gasteiger partial charge in [0, 0.05) is 11.9 Å². The Morgan fingerprint density at radius 2 is 1.91 bits per heavy atom. The van der Waals surface area contributed by atoms with E-state index in [9.17, 15) is 8.42 Å². The lowest BCUT2D eigenvalue weighted by atomic mass is 10.2. The van der Waals surface area contributed by atoms with E-state index in [1.807, 2.05) is 6.07 Å². The number of hydrogen-bond acceptors (Lipinski definition) is 5. The zero-order chi connectivity index (χ0) is 16.3. The summed E-state index contributed by atoms with van der Waals surface area (Å²) in [7, 11) is -3.76. The fourth-order valence-electron chi connectivity index (χ4n) is 1.89. The van der Waals surface area contributed by atoms with Crippen molar-refractivity contribution in [3.05, 3.63) is 66.6 Å². The molecule has 0 aliphatic rings. The van der Waals surface area contributed by atoms with Crippen LogP contribution < -0.4 is 4.72 Å². The Bertz CT molecular complexity index is 957. The first kappa shape index (κ1) is 14.7. The topological polar surface area (TPSA) is 101 Å². The second kappa shape index (κ2) is 5.90. The molecule has 8 heteroatoms. The molecule has 0 amide bonds. The third kappa shape index (κ3) is 3.20. The maximum atomic E-state index is 12.4. The Balaban J connectivity index is 1.85. The molecule has 0 spiro atoms. The lowest BCUT2D eigenvalue weighted by Gasteiger charge is -2.05. The molecule has 114 valence electrons. The van der Waals surface area contributed by atoms with Crippen LogP contribution in [-0.2, 0) is 10.0 Å². The average molecular weight is 325 g/mol. The summed E-state index contributed by atoms with van der Waals surface area (Å²) >= 11 is 0. The van der Waals surface area contributed by atoms with Crippen LogP contribution in [0.15, 0.2) is 66.0 Å². The van der Waals surface area contributed by atoms with Crippen LogP contribution in [0.25, 0.3) is 5.82 Å². The number of aromatic nitrogens is 3. The average Bonchev–Trinajstić information content (AvgIpc) is 3.07. The molecule has 23 heavy (non-hydrogen) atoms. The largest absolute Gasteiger partial charge is 0.280 e. The van der Waals surface area contributed by atoms with Gasteiger partial charge in [0.15, 0.2) is 5.82 Å². The molecule has 2 aromatic heterocycles. The molecular weight excluding hydrogens is 314 g/mol. The van der Waals surface area contributed by atoms with Crippen molar-refractivity contribution in [1.82, 2.24) is 14.8 Å². The lowest BCUT2D eigenvalue weighted by Crippen LogP contribution is -2.12. The van der Waals surface area contributed by atoms with E-state index in [1.54, 1.807) is 24.4 Å². The van der Waals surface area contributed by atoms with E-state index in [4.69, 9.17) is 5.26 Å². The molecule has 0 aliphatic heterocycles. The van der Waals surface area contributed by atoms with Crippen LogP contribution in [0.2, 0.25) is 0 Å². The zero-order valence-electron chi connectivity index (χ0n) is 11.8. The van der Waals surface area contributed by atoms with Gasteiger partial charge in [-0.15, -0.1) is 0 Å². The third-order valence-electron chi connectivity index (χ3n) is 3.02. The summed E-state index contributed by atoms with van der Waals surface area (Å²) < 4.78 is 28.5. The van der Waals surface area contributed by atoms with Crippen LogP contribution in [-0.4, -0.2) is 23.2 Å². The summed E-state index contributed by atoms with van der Waals surface area (Å²) in [5, 5.41) is 12.8. The van der Waals surface area contributed by atoms with Gasteiger partial charge in [-0.2, -0.15) is 10.4 Å². The molecule has 0 unspecified atom stereocenters. The van der Waals surface area contributed by atoms with E-state index in [-0.39, 0.29) is 4.90 Å². The Morgan fingerprint density at radius 1 is 1.13 bits per heavy atom. The third-order valence-corrected chi connectivity index (χ3v) is 4.36. The predicted molar refractivity (Wildman–Crippen MR) is 83.3 cm³/mol. The van der Waals surface area contributed by atoms with Gasteiger partial charge in [-0.05, 0) is 36.4 Å². The van der Waals surface area contributed by atoms with Gasteiger partial charge in [0.05, 0.1) is 24.0 Å². The van der Waals surface area contributed by atoms with Crippen LogP contribution in [0, 0.1) is 11.3 Å². The van der Waals surface area contributed by atoms with Gasteiger partial charge in [-0.1, -0.05) is 6.07 Å². The van der Waals surface area contributed by atoms with Gasteiger partial charge in [0.1, 0.15) is 4.90 Å². The summed E-state index contributed by atoms with van der Waals surface area (Å²) in [6.45, 7) is 0. The molecule has 0 bridgehead atoms. The summed E-state index contributed by atoms with van der Waals surface area (Å²) in [4.78, 5) is 4.12. The van der Waals surface area contributed by atoms with E-state index >= 15 is 0 Å². The van der Waals surface area contributed by atoms with E-state index in [0.717, 1.165) is 0 Å². The highest BCUT2D eigenvalue weighted by Gasteiger charge is 2.17. The number of anilines is 1. The van der Waals surface area contributed by atoms with Gasteiger partial charge >= 0.3 is 0 Å². The predicted octanol–water partition coefficient (Wildman–Crippen LogP) is 1.94. The van der Waals surface area contributed by atoms with Crippen LogP contribution in [0.4, 0.5) is 5.69 Å². The first-order chi connectivity index (χ1) is 11.1. The highest BCUT2D eigenvalue weighted by Crippen LogP contribution is 2.17. The number of pyridine rings is 1. The first-order valence-corrected chi connectivity index (χ1v) is 8.06. The van der Waals surface area contributed by atoms with Crippen LogP contribution in [0.3, 0.4) is 0 Å². The molecule has 7 nitrogen and oxygen atoms in total. The van der Waals surface area contributed by atoms with Crippen LogP contribution in [0.5, 0.6) is 0 Å². The maximum absolute atomic E-state index is 12.4. The van der Waals surface area contributed by atoms with E-state index in [2.05, 4.69) is 14.8 Å². The van der Waals surface area contributed by atoms with Crippen molar-refractivity contribution < 1.29 is 8.42 Å². The molecule has 0 radical (unpaired) electrons. The monoisotopic (exact) mass is 325 g/mol. The molecule has 0 aliphatic carbocycles. The number of rotatable bonds is 4. The fraction of sp³-hybridized carbons (Fsp3) is 0. The molecule has 1 aromatic carbocycles. The van der Waals surface area contributed by atoms with Gasteiger partial charge in [0.25, 0.3) is 10.0 Å². The molecule has 0 saturated carbocycles. The number of nitrogens with one attached hydrogen (secondary N) is 1. The minimum absolute atomic E-state index is 0.0208. The van der Waals surface area contributed by atoms with Crippen LogP contribution >= 0.6 is 0 Å². The second-order valence-corrected chi connectivity index (χ2v) is 6.29. The summed E-state index contributed by atoms with van der Waals surface area (Å²) in [5.41, 5.74) is 0.825.